The Morgan fingerprint density at radius 2 is 2.10 bits per heavy atom. The summed E-state index contributed by atoms with van der Waals surface area (Å²) in [6.45, 7) is 2.86. The third kappa shape index (κ3) is 2.42. The van der Waals surface area contributed by atoms with Crippen molar-refractivity contribution < 1.29 is 14.7 Å². The average Bonchev–Trinajstić information content (AvgIpc) is 2.86. The van der Waals surface area contributed by atoms with Crippen molar-refractivity contribution in [1.82, 2.24) is 5.32 Å². The molecule has 0 aliphatic carbocycles. The number of nitrogens with one attached hydrogen (secondary N) is 1. The SMILES string of the molecule is CC1CCCNC1C(=O)N1c2ccccc2C[C@H]1C(=O)O. The molecule has 0 bridgehead atoms. The van der Waals surface area contributed by atoms with E-state index in [1.165, 1.54) is 4.90 Å². The molecule has 2 aliphatic rings. The Bertz CT molecular complexity index is 572. The van der Waals surface area contributed by atoms with Crippen molar-refractivity contribution in [2.75, 3.05) is 11.4 Å². The number of amides is 1. The fourth-order valence-electron chi connectivity index (χ4n) is 3.39. The zero-order valence-electron chi connectivity index (χ0n) is 12.1. The number of para-hydroxylation sites is 1. The number of carbonyl (C=O) groups excluding carboxylic acids is 1. The molecule has 112 valence electrons. The minimum atomic E-state index is -0.942. The number of anilines is 1. The maximum atomic E-state index is 12.9. The highest BCUT2D eigenvalue weighted by Gasteiger charge is 2.42. The summed E-state index contributed by atoms with van der Waals surface area (Å²) in [5.41, 5.74) is 1.68. The van der Waals surface area contributed by atoms with Crippen LogP contribution in [0.5, 0.6) is 0 Å². The Morgan fingerprint density at radius 1 is 1.33 bits per heavy atom. The Morgan fingerprint density at radius 3 is 2.81 bits per heavy atom. The predicted octanol–water partition coefficient (Wildman–Crippen LogP) is 1.42. The predicted molar refractivity (Wildman–Crippen MR) is 79.2 cm³/mol. The third-order valence-electron chi connectivity index (χ3n) is 4.53. The summed E-state index contributed by atoms with van der Waals surface area (Å²) < 4.78 is 0. The summed E-state index contributed by atoms with van der Waals surface area (Å²) >= 11 is 0. The fraction of sp³-hybridized carbons (Fsp3) is 0.500. The van der Waals surface area contributed by atoms with E-state index in [4.69, 9.17) is 0 Å². The van der Waals surface area contributed by atoms with E-state index >= 15 is 0 Å². The number of nitrogens with zero attached hydrogens (tertiary/aromatic N) is 1. The van der Waals surface area contributed by atoms with Gasteiger partial charge in [0.25, 0.3) is 0 Å². The van der Waals surface area contributed by atoms with Gasteiger partial charge < -0.3 is 10.4 Å². The maximum Gasteiger partial charge on any atom is 0.327 e. The van der Waals surface area contributed by atoms with Crippen LogP contribution < -0.4 is 10.2 Å². The Kier molecular flexibility index (Phi) is 3.68. The van der Waals surface area contributed by atoms with E-state index < -0.39 is 12.0 Å². The van der Waals surface area contributed by atoms with Crippen molar-refractivity contribution in [3.8, 4) is 0 Å². The number of hydrogen-bond acceptors (Lipinski definition) is 3. The van der Waals surface area contributed by atoms with Crippen LogP contribution in [0.3, 0.4) is 0 Å². The fourth-order valence-corrected chi connectivity index (χ4v) is 3.39. The normalized spacial score (nSPS) is 28.2. The molecule has 21 heavy (non-hydrogen) atoms. The van der Waals surface area contributed by atoms with Gasteiger partial charge in [0.05, 0.1) is 6.04 Å². The van der Waals surface area contributed by atoms with Gasteiger partial charge in [0.1, 0.15) is 6.04 Å². The number of fused-ring (bicyclic) bond motifs is 1. The van der Waals surface area contributed by atoms with Crippen molar-refractivity contribution in [2.45, 2.75) is 38.3 Å². The van der Waals surface area contributed by atoms with Gasteiger partial charge in [-0.25, -0.2) is 4.79 Å². The highest BCUT2D eigenvalue weighted by atomic mass is 16.4. The van der Waals surface area contributed by atoms with Crippen molar-refractivity contribution in [3.05, 3.63) is 29.8 Å². The van der Waals surface area contributed by atoms with Crippen LogP contribution in [0.4, 0.5) is 5.69 Å². The first-order valence-electron chi connectivity index (χ1n) is 7.46. The molecule has 0 aromatic heterocycles. The van der Waals surface area contributed by atoms with Crippen molar-refractivity contribution in [3.63, 3.8) is 0 Å². The molecule has 5 nitrogen and oxygen atoms in total. The zero-order chi connectivity index (χ0) is 15.0. The molecule has 0 spiro atoms. The number of benzene rings is 1. The number of aliphatic carboxylic acids is 1. The molecule has 3 rings (SSSR count). The van der Waals surface area contributed by atoms with Gasteiger partial charge in [-0.05, 0) is 36.9 Å². The van der Waals surface area contributed by atoms with Gasteiger partial charge in [0, 0.05) is 12.1 Å². The lowest BCUT2D eigenvalue weighted by Gasteiger charge is -2.34. The number of carbonyl (C=O) groups is 2. The average molecular weight is 288 g/mol. The lowest BCUT2D eigenvalue weighted by Crippen LogP contribution is -2.55. The molecule has 5 heteroatoms. The van der Waals surface area contributed by atoms with Gasteiger partial charge in [-0.3, -0.25) is 9.69 Å². The first kappa shape index (κ1) is 14.1. The van der Waals surface area contributed by atoms with Gasteiger partial charge in [0.2, 0.25) is 5.91 Å². The van der Waals surface area contributed by atoms with E-state index in [-0.39, 0.29) is 17.9 Å². The number of rotatable bonds is 2. The molecule has 2 unspecified atom stereocenters. The molecule has 1 aromatic rings. The summed E-state index contributed by atoms with van der Waals surface area (Å²) in [7, 11) is 0. The summed E-state index contributed by atoms with van der Waals surface area (Å²) in [6.07, 6.45) is 2.44. The lowest BCUT2D eigenvalue weighted by molar-refractivity contribution is -0.140. The molecular formula is C16H20N2O3. The van der Waals surface area contributed by atoms with Crippen LogP contribution in [-0.4, -0.2) is 35.6 Å². The van der Waals surface area contributed by atoms with Gasteiger partial charge >= 0.3 is 5.97 Å². The monoisotopic (exact) mass is 288 g/mol. The van der Waals surface area contributed by atoms with Crippen LogP contribution in [0.2, 0.25) is 0 Å². The maximum absolute atomic E-state index is 12.9. The molecule has 2 N–H and O–H groups in total. The molecule has 1 fully saturated rings. The van der Waals surface area contributed by atoms with E-state index in [1.807, 2.05) is 31.2 Å². The van der Waals surface area contributed by atoms with Gasteiger partial charge in [-0.15, -0.1) is 0 Å². The smallest absolute Gasteiger partial charge is 0.327 e. The Labute approximate surface area is 123 Å². The van der Waals surface area contributed by atoms with Crippen LogP contribution in [0.1, 0.15) is 25.3 Å². The third-order valence-corrected chi connectivity index (χ3v) is 4.53. The van der Waals surface area contributed by atoms with E-state index in [9.17, 15) is 14.7 Å². The molecule has 1 saturated heterocycles. The highest BCUT2D eigenvalue weighted by Crippen LogP contribution is 2.33. The molecule has 0 saturated carbocycles. The molecule has 0 radical (unpaired) electrons. The topological polar surface area (TPSA) is 69.6 Å². The lowest BCUT2D eigenvalue weighted by atomic mass is 9.91. The number of carboxylic acid groups (broad SMARTS) is 1. The van der Waals surface area contributed by atoms with Gasteiger partial charge in [-0.1, -0.05) is 25.1 Å². The van der Waals surface area contributed by atoms with E-state index in [0.29, 0.717) is 6.42 Å². The first-order chi connectivity index (χ1) is 10.1. The molecule has 1 amide bonds. The first-order valence-corrected chi connectivity index (χ1v) is 7.46. The number of piperidine rings is 1. The van der Waals surface area contributed by atoms with Crippen LogP contribution in [0, 0.1) is 5.92 Å². The summed E-state index contributed by atoms with van der Waals surface area (Å²) in [4.78, 5) is 25.9. The van der Waals surface area contributed by atoms with Crippen molar-refractivity contribution >= 4 is 17.6 Å². The van der Waals surface area contributed by atoms with E-state index in [0.717, 1.165) is 30.6 Å². The summed E-state index contributed by atoms with van der Waals surface area (Å²) in [5, 5.41) is 12.7. The van der Waals surface area contributed by atoms with Crippen LogP contribution in [-0.2, 0) is 16.0 Å². The largest absolute Gasteiger partial charge is 0.480 e. The quantitative estimate of drug-likeness (QED) is 0.863. The van der Waals surface area contributed by atoms with Crippen molar-refractivity contribution in [2.24, 2.45) is 5.92 Å². The number of hydrogen-bond donors (Lipinski definition) is 2. The molecule has 2 aliphatic heterocycles. The molecule has 1 aromatic carbocycles. The second kappa shape index (κ2) is 5.48. The zero-order valence-corrected chi connectivity index (χ0v) is 12.1. The summed E-state index contributed by atoms with van der Waals surface area (Å²) in [5.74, 6) is -0.823. The molecule has 2 heterocycles. The minimum absolute atomic E-state index is 0.112. The highest BCUT2D eigenvalue weighted by molar-refractivity contribution is 6.04. The van der Waals surface area contributed by atoms with E-state index in [2.05, 4.69) is 5.32 Å². The Balaban J connectivity index is 1.93. The second-order valence-electron chi connectivity index (χ2n) is 5.95. The molecular weight excluding hydrogens is 268 g/mol. The summed E-state index contributed by atoms with van der Waals surface area (Å²) in [6, 6.07) is 6.39. The van der Waals surface area contributed by atoms with Crippen LogP contribution in [0.15, 0.2) is 24.3 Å². The standard InChI is InChI=1S/C16H20N2O3/c1-10-5-4-8-17-14(10)15(19)18-12-7-3-2-6-11(12)9-13(18)16(20)21/h2-3,6-7,10,13-14,17H,4-5,8-9H2,1H3,(H,20,21)/t10?,13-,14?/m0/s1. The van der Waals surface area contributed by atoms with Crippen molar-refractivity contribution in [1.29, 1.82) is 0 Å². The number of carboxylic acids is 1. The second-order valence-corrected chi connectivity index (χ2v) is 5.95. The molecule has 3 atom stereocenters. The van der Waals surface area contributed by atoms with Gasteiger partial charge in [-0.2, -0.15) is 0 Å². The van der Waals surface area contributed by atoms with Crippen LogP contribution in [0.25, 0.3) is 0 Å². The van der Waals surface area contributed by atoms with Gasteiger partial charge in [0.15, 0.2) is 0 Å². The Hall–Kier alpha value is -1.88. The minimum Gasteiger partial charge on any atom is -0.480 e. The van der Waals surface area contributed by atoms with Crippen LogP contribution >= 0.6 is 0 Å². The van der Waals surface area contributed by atoms with E-state index in [1.54, 1.807) is 0 Å².